The normalized spacial score (nSPS) is 19.5. The Kier molecular flexibility index (Phi) is 8.35. The lowest BCUT2D eigenvalue weighted by molar-refractivity contribution is -0.140. The van der Waals surface area contributed by atoms with Crippen molar-refractivity contribution in [3.8, 4) is 0 Å². The van der Waals surface area contributed by atoms with Gasteiger partial charge in [-0.15, -0.1) is 0 Å². The predicted octanol–water partition coefficient (Wildman–Crippen LogP) is 1.47. The van der Waals surface area contributed by atoms with E-state index in [-0.39, 0.29) is 30.9 Å². The highest BCUT2D eigenvalue weighted by Gasteiger charge is 2.27. The van der Waals surface area contributed by atoms with Crippen LogP contribution < -0.4 is 5.32 Å². The standard InChI is InChI=1S/C19H33N3O4/c1-2-21(14-19(25)26)16-8-10-22(11-9-16)18(24)13-20-17(23)12-15-6-4-3-5-7-15/h15-16H,2-14H2,1H3,(H,20,23)(H,25,26). The summed E-state index contributed by atoms with van der Waals surface area (Å²) >= 11 is 0. The van der Waals surface area contributed by atoms with E-state index < -0.39 is 5.97 Å². The van der Waals surface area contributed by atoms with Crippen LogP contribution in [0, 0.1) is 5.92 Å². The Bertz CT molecular complexity index is 483. The molecule has 2 fully saturated rings. The molecule has 0 unspecified atom stereocenters. The molecule has 1 aliphatic heterocycles. The molecule has 1 saturated heterocycles. The van der Waals surface area contributed by atoms with Gasteiger partial charge in [0.2, 0.25) is 11.8 Å². The van der Waals surface area contributed by atoms with E-state index in [1.165, 1.54) is 19.3 Å². The third kappa shape index (κ3) is 6.59. The second-order valence-corrected chi connectivity index (χ2v) is 7.55. The van der Waals surface area contributed by atoms with Gasteiger partial charge in [0.1, 0.15) is 0 Å². The van der Waals surface area contributed by atoms with Gasteiger partial charge in [0.25, 0.3) is 0 Å². The van der Waals surface area contributed by atoms with Crippen LogP contribution in [0.5, 0.6) is 0 Å². The van der Waals surface area contributed by atoms with Crippen LogP contribution in [0.25, 0.3) is 0 Å². The number of piperidine rings is 1. The van der Waals surface area contributed by atoms with Crippen molar-refractivity contribution in [2.45, 2.75) is 64.3 Å². The van der Waals surface area contributed by atoms with Crippen LogP contribution in [0.3, 0.4) is 0 Å². The van der Waals surface area contributed by atoms with Crippen molar-refractivity contribution in [1.82, 2.24) is 15.1 Å². The van der Waals surface area contributed by atoms with E-state index in [9.17, 15) is 14.4 Å². The molecule has 0 aromatic carbocycles. The summed E-state index contributed by atoms with van der Waals surface area (Å²) in [7, 11) is 0. The van der Waals surface area contributed by atoms with Gasteiger partial charge in [-0.3, -0.25) is 19.3 Å². The van der Waals surface area contributed by atoms with E-state index in [1.807, 2.05) is 11.8 Å². The van der Waals surface area contributed by atoms with Crippen LogP contribution in [-0.2, 0) is 14.4 Å². The molecule has 2 aliphatic rings. The minimum absolute atomic E-state index is 0.0150. The van der Waals surface area contributed by atoms with Gasteiger partial charge in [-0.25, -0.2) is 0 Å². The summed E-state index contributed by atoms with van der Waals surface area (Å²) in [5, 5.41) is 11.8. The summed E-state index contributed by atoms with van der Waals surface area (Å²) in [6.07, 6.45) is 8.04. The number of nitrogens with one attached hydrogen (secondary N) is 1. The maximum Gasteiger partial charge on any atom is 0.317 e. The van der Waals surface area contributed by atoms with E-state index in [2.05, 4.69) is 5.32 Å². The number of aliphatic carboxylic acids is 1. The monoisotopic (exact) mass is 367 g/mol. The van der Waals surface area contributed by atoms with Crippen molar-refractivity contribution < 1.29 is 19.5 Å². The number of rotatable bonds is 8. The van der Waals surface area contributed by atoms with E-state index >= 15 is 0 Å². The summed E-state index contributed by atoms with van der Waals surface area (Å²) in [5.74, 6) is -0.393. The van der Waals surface area contributed by atoms with Crippen LogP contribution in [0.15, 0.2) is 0 Å². The first-order valence-electron chi connectivity index (χ1n) is 10.00. The van der Waals surface area contributed by atoms with Crippen molar-refractivity contribution in [2.75, 3.05) is 32.7 Å². The number of carbonyl (C=O) groups is 3. The third-order valence-corrected chi connectivity index (χ3v) is 5.71. The fourth-order valence-electron chi connectivity index (χ4n) is 4.16. The summed E-state index contributed by atoms with van der Waals surface area (Å²) in [5.41, 5.74) is 0. The molecule has 2 N–H and O–H groups in total. The highest BCUT2D eigenvalue weighted by molar-refractivity contribution is 5.84. The maximum atomic E-state index is 12.3. The van der Waals surface area contributed by atoms with Crippen molar-refractivity contribution in [2.24, 2.45) is 5.92 Å². The third-order valence-electron chi connectivity index (χ3n) is 5.71. The zero-order valence-electron chi connectivity index (χ0n) is 15.9. The van der Waals surface area contributed by atoms with Gasteiger partial charge in [0, 0.05) is 25.6 Å². The van der Waals surface area contributed by atoms with Gasteiger partial charge in [-0.2, -0.15) is 0 Å². The molecule has 7 nitrogen and oxygen atoms in total. The fourth-order valence-corrected chi connectivity index (χ4v) is 4.16. The molecular weight excluding hydrogens is 334 g/mol. The SMILES string of the molecule is CCN(CC(=O)O)C1CCN(C(=O)CNC(=O)CC2CCCCC2)CC1. The van der Waals surface area contributed by atoms with Crippen LogP contribution in [-0.4, -0.2) is 71.5 Å². The van der Waals surface area contributed by atoms with Gasteiger partial charge in [-0.1, -0.05) is 26.2 Å². The first-order valence-corrected chi connectivity index (χ1v) is 10.00. The van der Waals surface area contributed by atoms with Crippen LogP contribution in [0.4, 0.5) is 0 Å². The predicted molar refractivity (Wildman–Crippen MR) is 98.7 cm³/mol. The summed E-state index contributed by atoms with van der Waals surface area (Å²) in [6, 6.07) is 0.209. The Hall–Kier alpha value is -1.63. The zero-order chi connectivity index (χ0) is 18.9. The second-order valence-electron chi connectivity index (χ2n) is 7.55. The minimum Gasteiger partial charge on any atom is -0.480 e. The number of carbonyl (C=O) groups excluding carboxylic acids is 2. The van der Waals surface area contributed by atoms with Crippen molar-refractivity contribution in [1.29, 1.82) is 0 Å². The molecule has 148 valence electrons. The number of likely N-dealkylation sites (tertiary alicyclic amines) is 1. The molecule has 26 heavy (non-hydrogen) atoms. The molecule has 0 atom stereocenters. The molecule has 0 aromatic heterocycles. The lowest BCUT2D eigenvalue weighted by atomic mass is 9.87. The molecule has 0 radical (unpaired) electrons. The van der Waals surface area contributed by atoms with Gasteiger partial charge in [0.05, 0.1) is 13.1 Å². The largest absolute Gasteiger partial charge is 0.480 e. The Morgan fingerprint density at radius 1 is 1.08 bits per heavy atom. The summed E-state index contributed by atoms with van der Waals surface area (Å²) in [4.78, 5) is 39.0. The average molecular weight is 367 g/mol. The Morgan fingerprint density at radius 3 is 2.31 bits per heavy atom. The topological polar surface area (TPSA) is 90.0 Å². The lowest BCUT2D eigenvalue weighted by Crippen LogP contribution is -2.50. The highest BCUT2D eigenvalue weighted by Crippen LogP contribution is 2.26. The molecule has 1 saturated carbocycles. The molecule has 0 spiro atoms. The number of amides is 2. The number of hydrogen-bond donors (Lipinski definition) is 2. The van der Waals surface area contributed by atoms with Crippen molar-refractivity contribution in [3.63, 3.8) is 0 Å². The zero-order valence-corrected chi connectivity index (χ0v) is 15.9. The van der Waals surface area contributed by atoms with Gasteiger partial charge < -0.3 is 15.3 Å². The number of likely N-dealkylation sites (N-methyl/N-ethyl adjacent to an activating group) is 1. The van der Waals surface area contributed by atoms with Crippen LogP contribution >= 0.6 is 0 Å². The molecule has 7 heteroatoms. The second kappa shape index (κ2) is 10.5. The Morgan fingerprint density at radius 2 is 1.73 bits per heavy atom. The van der Waals surface area contributed by atoms with Crippen LogP contribution in [0.1, 0.15) is 58.3 Å². The number of carboxylic acid groups (broad SMARTS) is 1. The lowest BCUT2D eigenvalue weighted by Gasteiger charge is -2.37. The minimum atomic E-state index is -0.814. The fraction of sp³-hybridized carbons (Fsp3) is 0.842. The molecule has 1 aliphatic carbocycles. The number of nitrogens with zero attached hydrogens (tertiary/aromatic N) is 2. The Balaban J connectivity index is 1.67. The molecule has 1 heterocycles. The Labute approximate surface area is 156 Å². The van der Waals surface area contributed by atoms with E-state index in [1.54, 1.807) is 4.90 Å². The molecule has 2 amide bonds. The van der Waals surface area contributed by atoms with Gasteiger partial charge in [0.15, 0.2) is 0 Å². The number of carboxylic acids is 1. The molecular formula is C19H33N3O4. The van der Waals surface area contributed by atoms with Gasteiger partial charge >= 0.3 is 5.97 Å². The maximum absolute atomic E-state index is 12.3. The van der Waals surface area contributed by atoms with E-state index in [0.29, 0.717) is 32.0 Å². The average Bonchev–Trinajstić information content (AvgIpc) is 2.65. The number of hydrogen-bond acceptors (Lipinski definition) is 4. The molecule has 2 rings (SSSR count). The summed E-state index contributed by atoms with van der Waals surface area (Å²) < 4.78 is 0. The quantitative estimate of drug-likeness (QED) is 0.678. The van der Waals surface area contributed by atoms with Crippen molar-refractivity contribution >= 4 is 17.8 Å². The van der Waals surface area contributed by atoms with Gasteiger partial charge in [-0.05, 0) is 38.1 Å². The first kappa shape index (κ1) is 20.7. The summed E-state index contributed by atoms with van der Waals surface area (Å²) in [6.45, 7) is 4.02. The van der Waals surface area contributed by atoms with E-state index in [0.717, 1.165) is 25.7 Å². The van der Waals surface area contributed by atoms with Crippen LogP contribution in [0.2, 0.25) is 0 Å². The van der Waals surface area contributed by atoms with Crippen molar-refractivity contribution in [3.05, 3.63) is 0 Å². The molecule has 0 bridgehead atoms. The molecule has 0 aromatic rings. The smallest absolute Gasteiger partial charge is 0.317 e. The first-order chi connectivity index (χ1) is 12.5. The highest BCUT2D eigenvalue weighted by atomic mass is 16.4. The van der Waals surface area contributed by atoms with E-state index in [4.69, 9.17) is 5.11 Å².